The predicted octanol–water partition coefficient (Wildman–Crippen LogP) is 2.16. The quantitative estimate of drug-likeness (QED) is 0.698. The van der Waals surface area contributed by atoms with Gasteiger partial charge in [0, 0.05) is 6.04 Å². The molecule has 4 rings (SSSR count). The SMILES string of the molecule is O=C(NC1CCCCCC1)c1nnn2c1c(=O)[nH]c1cc(F)ccc12. The summed E-state index contributed by atoms with van der Waals surface area (Å²) >= 11 is 0. The molecular formula is C17H18FN5O2. The van der Waals surface area contributed by atoms with E-state index in [1.807, 2.05) is 0 Å². The van der Waals surface area contributed by atoms with Gasteiger partial charge in [-0.15, -0.1) is 5.10 Å². The maximum absolute atomic E-state index is 13.4. The Balaban J connectivity index is 1.74. The van der Waals surface area contributed by atoms with Crippen LogP contribution in [0.3, 0.4) is 0 Å². The van der Waals surface area contributed by atoms with Crippen molar-refractivity contribution in [2.24, 2.45) is 0 Å². The van der Waals surface area contributed by atoms with Crippen LogP contribution in [0.4, 0.5) is 4.39 Å². The first-order valence-electron chi connectivity index (χ1n) is 8.51. The molecule has 8 heteroatoms. The molecule has 0 atom stereocenters. The minimum Gasteiger partial charge on any atom is -0.348 e. The van der Waals surface area contributed by atoms with Crippen LogP contribution >= 0.6 is 0 Å². The number of hydrogen-bond acceptors (Lipinski definition) is 4. The Bertz CT molecular complexity index is 1000. The second-order valence-electron chi connectivity index (χ2n) is 6.48. The van der Waals surface area contributed by atoms with Crippen LogP contribution in [0.5, 0.6) is 0 Å². The molecule has 3 aromatic rings. The van der Waals surface area contributed by atoms with Gasteiger partial charge in [0.15, 0.2) is 11.2 Å². The molecule has 130 valence electrons. The molecule has 1 saturated carbocycles. The summed E-state index contributed by atoms with van der Waals surface area (Å²) in [7, 11) is 0. The van der Waals surface area contributed by atoms with Gasteiger partial charge < -0.3 is 10.3 Å². The van der Waals surface area contributed by atoms with Crippen molar-refractivity contribution in [3.05, 3.63) is 40.1 Å². The number of rotatable bonds is 2. The number of halogens is 1. The number of benzene rings is 1. The summed E-state index contributed by atoms with van der Waals surface area (Å²) in [5, 5.41) is 10.8. The van der Waals surface area contributed by atoms with Crippen molar-refractivity contribution in [3.8, 4) is 0 Å². The molecule has 0 bridgehead atoms. The lowest BCUT2D eigenvalue weighted by atomic mass is 10.1. The first-order valence-corrected chi connectivity index (χ1v) is 8.51. The molecule has 0 saturated heterocycles. The van der Waals surface area contributed by atoms with Crippen LogP contribution < -0.4 is 10.9 Å². The molecule has 2 N–H and O–H groups in total. The van der Waals surface area contributed by atoms with Gasteiger partial charge in [0.05, 0.1) is 11.0 Å². The summed E-state index contributed by atoms with van der Waals surface area (Å²) in [6.45, 7) is 0. The molecule has 0 aliphatic heterocycles. The van der Waals surface area contributed by atoms with Gasteiger partial charge in [0.2, 0.25) is 0 Å². The standard InChI is InChI=1S/C17H18FN5O2/c18-10-7-8-13-12(9-10)20-17(25)15-14(21-22-23(13)15)16(24)19-11-5-3-1-2-4-6-11/h7-9,11H,1-6H2,(H,19,24)(H,20,25). The van der Waals surface area contributed by atoms with Crippen LogP contribution in [0.25, 0.3) is 16.6 Å². The molecule has 2 aromatic heterocycles. The van der Waals surface area contributed by atoms with E-state index in [1.165, 1.54) is 35.6 Å². The number of fused-ring (bicyclic) bond motifs is 3. The van der Waals surface area contributed by atoms with Crippen molar-refractivity contribution < 1.29 is 9.18 Å². The highest BCUT2D eigenvalue weighted by Gasteiger charge is 2.22. The van der Waals surface area contributed by atoms with Gasteiger partial charge in [0.1, 0.15) is 5.82 Å². The van der Waals surface area contributed by atoms with Crippen molar-refractivity contribution in [2.45, 2.75) is 44.6 Å². The van der Waals surface area contributed by atoms with E-state index < -0.39 is 17.3 Å². The topological polar surface area (TPSA) is 92.2 Å². The van der Waals surface area contributed by atoms with E-state index in [4.69, 9.17) is 0 Å². The summed E-state index contributed by atoms with van der Waals surface area (Å²) in [5.41, 5.74) is 0.339. The maximum atomic E-state index is 13.4. The average Bonchev–Trinajstić information content (AvgIpc) is 2.88. The average molecular weight is 343 g/mol. The highest BCUT2D eigenvalue weighted by molar-refractivity contribution is 5.99. The zero-order valence-electron chi connectivity index (χ0n) is 13.6. The summed E-state index contributed by atoms with van der Waals surface area (Å²) in [6.07, 6.45) is 6.41. The first kappa shape index (κ1) is 15.7. The maximum Gasteiger partial charge on any atom is 0.277 e. The number of nitrogens with one attached hydrogen (secondary N) is 2. The number of H-pyrrole nitrogens is 1. The summed E-state index contributed by atoms with van der Waals surface area (Å²) in [5.74, 6) is -0.859. The highest BCUT2D eigenvalue weighted by Crippen LogP contribution is 2.18. The number of aromatic nitrogens is 4. The Kier molecular flexibility index (Phi) is 3.95. The number of aromatic amines is 1. The molecule has 1 aliphatic carbocycles. The number of amides is 1. The van der Waals surface area contributed by atoms with E-state index >= 15 is 0 Å². The van der Waals surface area contributed by atoms with Crippen LogP contribution in [-0.2, 0) is 0 Å². The second kappa shape index (κ2) is 6.27. The third-order valence-corrected chi connectivity index (χ3v) is 4.73. The van der Waals surface area contributed by atoms with E-state index in [0.29, 0.717) is 11.0 Å². The largest absolute Gasteiger partial charge is 0.348 e. The number of hydrogen-bond donors (Lipinski definition) is 2. The van der Waals surface area contributed by atoms with E-state index in [0.717, 1.165) is 25.7 Å². The summed E-state index contributed by atoms with van der Waals surface area (Å²) in [6, 6.07) is 4.08. The molecule has 0 unspecified atom stereocenters. The molecule has 1 aliphatic rings. The lowest BCUT2D eigenvalue weighted by Crippen LogP contribution is -2.35. The summed E-state index contributed by atoms with van der Waals surface area (Å²) < 4.78 is 14.7. The fraction of sp³-hybridized carbons (Fsp3) is 0.412. The van der Waals surface area contributed by atoms with Gasteiger partial charge in [-0.25, -0.2) is 8.91 Å². The Hall–Kier alpha value is -2.77. The zero-order valence-corrected chi connectivity index (χ0v) is 13.6. The fourth-order valence-corrected chi connectivity index (χ4v) is 3.46. The molecule has 25 heavy (non-hydrogen) atoms. The number of carbonyl (C=O) groups is 1. The van der Waals surface area contributed by atoms with Crippen LogP contribution in [0.1, 0.15) is 49.0 Å². The Morgan fingerprint density at radius 1 is 1.24 bits per heavy atom. The smallest absolute Gasteiger partial charge is 0.277 e. The lowest BCUT2D eigenvalue weighted by Gasteiger charge is -2.15. The molecule has 1 aromatic carbocycles. The lowest BCUT2D eigenvalue weighted by molar-refractivity contribution is 0.0930. The van der Waals surface area contributed by atoms with Crippen LogP contribution in [0.2, 0.25) is 0 Å². The Morgan fingerprint density at radius 2 is 2.00 bits per heavy atom. The monoisotopic (exact) mass is 343 g/mol. The predicted molar refractivity (Wildman–Crippen MR) is 90.0 cm³/mol. The molecule has 1 amide bonds. The van der Waals surface area contributed by atoms with E-state index in [1.54, 1.807) is 0 Å². The minimum atomic E-state index is -0.519. The molecule has 0 spiro atoms. The van der Waals surface area contributed by atoms with Gasteiger partial charge in [-0.1, -0.05) is 30.9 Å². The van der Waals surface area contributed by atoms with E-state index in [9.17, 15) is 14.0 Å². The van der Waals surface area contributed by atoms with Crippen LogP contribution in [0, 0.1) is 5.82 Å². The second-order valence-corrected chi connectivity index (χ2v) is 6.48. The van der Waals surface area contributed by atoms with Crippen LogP contribution in [0.15, 0.2) is 23.0 Å². The third-order valence-electron chi connectivity index (χ3n) is 4.73. The third kappa shape index (κ3) is 2.88. The zero-order chi connectivity index (χ0) is 17.4. The van der Waals surface area contributed by atoms with Crippen molar-refractivity contribution in [3.63, 3.8) is 0 Å². The number of nitrogens with zero attached hydrogens (tertiary/aromatic N) is 3. The van der Waals surface area contributed by atoms with E-state index in [2.05, 4.69) is 20.6 Å². The van der Waals surface area contributed by atoms with Gasteiger partial charge >= 0.3 is 0 Å². The normalized spacial score (nSPS) is 16.2. The Labute approximate surface area is 142 Å². The molecule has 0 radical (unpaired) electrons. The van der Waals surface area contributed by atoms with Gasteiger partial charge in [-0.3, -0.25) is 9.59 Å². The van der Waals surface area contributed by atoms with Crippen molar-refractivity contribution in [1.82, 2.24) is 25.1 Å². The molecule has 7 nitrogen and oxygen atoms in total. The minimum absolute atomic E-state index is 0.00304. The van der Waals surface area contributed by atoms with Crippen molar-refractivity contribution in [2.75, 3.05) is 0 Å². The van der Waals surface area contributed by atoms with Gasteiger partial charge in [-0.2, -0.15) is 0 Å². The van der Waals surface area contributed by atoms with Gasteiger partial charge in [-0.05, 0) is 31.0 Å². The van der Waals surface area contributed by atoms with Crippen molar-refractivity contribution in [1.29, 1.82) is 0 Å². The molecular weight excluding hydrogens is 325 g/mol. The van der Waals surface area contributed by atoms with E-state index in [-0.39, 0.29) is 17.3 Å². The first-order chi connectivity index (χ1) is 12.1. The number of carbonyl (C=O) groups excluding carboxylic acids is 1. The molecule has 1 fully saturated rings. The van der Waals surface area contributed by atoms with Crippen LogP contribution in [-0.4, -0.2) is 31.8 Å². The summed E-state index contributed by atoms with van der Waals surface area (Å²) in [4.78, 5) is 27.6. The Morgan fingerprint density at radius 3 is 2.76 bits per heavy atom. The van der Waals surface area contributed by atoms with Gasteiger partial charge in [0.25, 0.3) is 11.5 Å². The fourth-order valence-electron chi connectivity index (χ4n) is 3.46. The van der Waals surface area contributed by atoms with Crippen molar-refractivity contribution >= 4 is 22.5 Å². The molecule has 2 heterocycles. The highest BCUT2D eigenvalue weighted by atomic mass is 19.1.